The number of furan rings is 1. The van der Waals surface area contributed by atoms with Gasteiger partial charge in [0.2, 0.25) is 0 Å². The van der Waals surface area contributed by atoms with Crippen LogP contribution in [0.4, 0.5) is 10.1 Å². The second-order valence-electron chi connectivity index (χ2n) is 8.28. The van der Waals surface area contributed by atoms with Crippen molar-refractivity contribution in [3.63, 3.8) is 0 Å². The average Bonchev–Trinajstić information content (AvgIpc) is 3.45. The Hall–Kier alpha value is -2.47. The number of rotatable bonds is 3. The number of fused-ring (bicyclic) bond motifs is 3. The van der Waals surface area contributed by atoms with Crippen molar-refractivity contribution in [3.05, 3.63) is 53.3 Å². The Morgan fingerprint density at radius 1 is 1.17 bits per heavy atom. The first-order valence-electron chi connectivity index (χ1n) is 10.5. The van der Waals surface area contributed by atoms with Crippen LogP contribution in [0.2, 0.25) is 0 Å². The van der Waals surface area contributed by atoms with Crippen LogP contribution in [0.1, 0.15) is 48.0 Å². The molecule has 0 atom stereocenters. The minimum absolute atomic E-state index is 0.189. The molecule has 2 heterocycles. The Kier molecular flexibility index (Phi) is 4.77. The third-order valence-electron chi connectivity index (χ3n) is 6.55. The molecular formula is C24H25FN2O2S. The first-order chi connectivity index (χ1) is 14.6. The predicted octanol–water partition coefficient (Wildman–Crippen LogP) is 5.90. The summed E-state index contributed by atoms with van der Waals surface area (Å²) >= 11 is 1.74. The number of nitrogens with one attached hydrogen (secondary N) is 1. The Bertz CT molecular complexity index is 1120. The third-order valence-corrected chi connectivity index (χ3v) is 7.37. The zero-order valence-corrected chi connectivity index (χ0v) is 18.1. The Morgan fingerprint density at radius 2 is 1.93 bits per heavy atom. The summed E-state index contributed by atoms with van der Waals surface area (Å²) in [5, 5.41) is 3.59. The van der Waals surface area contributed by atoms with Gasteiger partial charge in [-0.1, -0.05) is 18.4 Å². The first-order valence-corrected chi connectivity index (χ1v) is 11.7. The van der Waals surface area contributed by atoms with E-state index in [1.165, 1.54) is 55.5 Å². The zero-order valence-electron chi connectivity index (χ0n) is 17.3. The van der Waals surface area contributed by atoms with Gasteiger partial charge in [-0.15, -0.1) is 0 Å². The smallest absolute Gasteiger partial charge is 0.255 e. The third kappa shape index (κ3) is 3.09. The number of nitrogens with zero attached hydrogens (tertiary/aromatic N) is 1. The fraction of sp³-hybridized carbons (Fsp3) is 0.375. The molecule has 30 heavy (non-hydrogen) atoms. The van der Waals surface area contributed by atoms with Gasteiger partial charge in [0.15, 0.2) is 0 Å². The van der Waals surface area contributed by atoms with Crippen LogP contribution in [0.15, 0.2) is 40.8 Å². The zero-order chi connectivity index (χ0) is 20.9. The highest BCUT2D eigenvalue weighted by Gasteiger charge is 2.46. The number of carbonyl (C=O) groups excluding carboxylic acids is 1. The topological polar surface area (TPSA) is 45.5 Å². The van der Waals surface area contributed by atoms with Gasteiger partial charge < -0.3 is 14.0 Å². The molecule has 0 saturated heterocycles. The van der Waals surface area contributed by atoms with Crippen molar-refractivity contribution in [1.82, 2.24) is 5.32 Å². The van der Waals surface area contributed by atoms with Crippen molar-refractivity contribution >= 4 is 34.5 Å². The molecule has 1 amide bonds. The van der Waals surface area contributed by atoms with Gasteiger partial charge in [-0.25, -0.2) is 4.39 Å². The van der Waals surface area contributed by atoms with Crippen molar-refractivity contribution in [3.8, 4) is 11.3 Å². The van der Waals surface area contributed by atoms with Crippen LogP contribution in [0.25, 0.3) is 22.3 Å². The second kappa shape index (κ2) is 7.34. The predicted molar refractivity (Wildman–Crippen MR) is 121 cm³/mol. The fourth-order valence-electron chi connectivity index (χ4n) is 4.75. The van der Waals surface area contributed by atoms with Gasteiger partial charge in [-0.05, 0) is 67.0 Å². The maximum Gasteiger partial charge on any atom is 0.255 e. The van der Waals surface area contributed by atoms with E-state index in [1.807, 2.05) is 0 Å². The van der Waals surface area contributed by atoms with Crippen LogP contribution >= 0.6 is 11.9 Å². The monoisotopic (exact) mass is 424 g/mol. The highest BCUT2D eigenvalue weighted by molar-refractivity contribution is 7.99. The van der Waals surface area contributed by atoms with Crippen molar-refractivity contribution in [2.75, 3.05) is 24.2 Å². The van der Waals surface area contributed by atoms with Crippen molar-refractivity contribution in [2.24, 2.45) is 0 Å². The average molecular weight is 425 g/mol. The molecule has 0 bridgehead atoms. The van der Waals surface area contributed by atoms with E-state index in [4.69, 9.17) is 4.42 Å². The van der Waals surface area contributed by atoms with E-state index in [1.54, 1.807) is 31.1 Å². The number of hydrogen-bond acceptors (Lipinski definition) is 4. The molecule has 0 radical (unpaired) electrons. The summed E-state index contributed by atoms with van der Waals surface area (Å²) in [5.74, 6) is -0.0149. The molecule has 4 nitrogen and oxygen atoms in total. The van der Waals surface area contributed by atoms with E-state index in [-0.39, 0.29) is 17.1 Å². The lowest BCUT2D eigenvalue weighted by Crippen LogP contribution is -2.23. The molecule has 2 aromatic carbocycles. The Labute approximate surface area is 179 Å². The standard InChI is InChI=1S/C24H25FN2O2S/c1-26-23(28)21-17-13-18-19(27(30-2)12-4-3-9-24(18)10-11-24)14-20(17)29-22(21)15-5-7-16(25)8-6-15/h5-8,13-14H,3-4,9-12H2,1-2H3,(H,26,28). The SMILES string of the molecule is CNC(=O)c1c(-c2ccc(F)cc2)oc2cc3c(cc12)C1(CCCCN3SC)CC1. The lowest BCUT2D eigenvalue weighted by Gasteiger charge is -2.31. The van der Waals surface area contributed by atoms with Gasteiger partial charge in [0, 0.05) is 36.9 Å². The quantitative estimate of drug-likeness (QED) is 0.532. The van der Waals surface area contributed by atoms with Gasteiger partial charge in [-0.2, -0.15) is 0 Å². The minimum Gasteiger partial charge on any atom is -0.455 e. The maximum atomic E-state index is 13.5. The summed E-state index contributed by atoms with van der Waals surface area (Å²) in [4.78, 5) is 12.9. The van der Waals surface area contributed by atoms with Crippen LogP contribution in [0.3, 0.4) is 0 Å². The minimum atomic E-state index is -0.314. The molecule has 1 aliphatic heterocycles. The molecule has 1 fully saturated rings. The van der Waals surface area contributed by atoms with Gasteiger partial charge in [0.25, 0.3) is 5.91 Å². The molecule has 3 aromatic rings. The van der Waals surface area contributed by atoms with Crippen LogP contribution < -0.4 is 9.62 Å². The lowest BCUT2D eigenvalue weighted by atomic mass is 9.86. The van der Waals surface area contributed by atoms with Crippen LogP contribution in [-0.4, -0.2) is 25.8 Å². The summed E-state index contributed by atoms with van der Waals surface area (Å²) in [6, 6.07) is 10.4. The Morgan fingerprint density at radius 3 is 2.60 bits per heavy atom. The number of carbonyl (C=O) groups is 1. The number of benzene rings is 2. The first kappa shape index (κ1) is 19.5. The van der Waals surface area contributed by atoms with E-state index in [0.717, 1.165) is 11.9 Å². The highest BCUT2D eigenvalue weighted by Crippen LogP contribution is 2.57. The number of hydrogen-bond donors (Lipinski definition) is 1. The molecular weight excluding hydrogens is 399 g/mol. The summed E-state index contributed by atoms with van der Waals surface area (Å²) in [7, 11) is 1.63. The highest BCUT2D eigenvalue weighted by atomic mass is 32.2. The van der Waals surface area contributed by atoms with E-state index in [2.05, 4.69) is 28.0 Å². The molecule has 1 saturated carbocycles. The van der Waals surface area contributed by atoms with E-state index >= 15 is 0 Å². The second-order valence-corrected chi connectivity index (χ2v) is 9.09. The fourth-order valence-corrected chi connectivity index (χ4v) is 5.41. The molecule has 1 aromatic heterocycles. The van der Waals surface area contributed by atoms with Gasteiger partial charge in [0.05, 0.1) is 11.3 Å². The van der Waals surface area contributed by atoms with Gasteiger partial charge in [-0.3, -0.25) is 4.79 Å². The van der Waals surface area contributed by atoms with E-state index < -0.39 is 0 Å². The van der Waals surface area contributed by atoms with E-state index in [0.29, 0.717) is 22.5 Å². The summed E-state index contributed by atoms with van der Waals surface area (Å²) in [6.07, 6.45) is 8.12. The number of anilines is 1. The van der Waals surface area contributed by atoms with Crippen LogP contribution in [-0.2, 0) is 5.41 Å². The normalized spacial score (nSPS) is 17.5. The molecule has 1 spiro atoms. The summed E-state index contributed by atoms with van der Waals surface area (Å²) < 4.78 is 22.1. The van der Waals surface area contributed by atoms with Gasteiger partial charge in [0.1, 0.15) is 17.2 Å². The molecule has 1 aliphatic carbocycles. The molecule has 5 rings (SSSR count). The Balaban J connectivity index is 1.78. The molecule has 6 heteroatoms. The number of halogens is 1. The van der Waals surface area contributed by atoms with Crippen molar-refractivity contribution < 1.29 is 13.6 Å². The summed E-state index contributed by atoms with van der Waals surface area (Å²) in [6.45, 7) is 1.00. The maximum absolute atomic E-state index is 13.5. The molecule has 1 N–H and O–H groups in total. The number of amides is 1. The van der Waals surface area contributed by atoms with Crippen molar-refractivity contribution in [2.45, 2.75) is 37.5 Å². The molecule has 156 valence electrons. The lowest BCUT2D eigenvalue weighted by molar-refractivity contribution is 0.0964. The molecule has 2 aliphatic rings. The van der Waals surface area contributed by atoms with E-state index in [9.17, 15) is 9.18 Å². The van der Waals surface area contributed by atoms with Crippen LogP contribution in [0, 0.1) is 5.82 Å². The van der Waals surface area contributed by atoms with Crippen LogP contribution in [0.5, 0.6) is 0 Å². The van der Waals surface area contributed by atoms with Crippen molar-refractivity contribution in [1.29, 1.82) is 0 Å². The largest absolute Gasteiger partial charge is 0.455 e. The summed E-state index contributed by atoms with van der Waals surface area (Å²) in [5.41, 5.74) is 4.68. The molecule has 0 unspecified atom stereocenters. The van der Waals surface area contributed by atoms with Gasteiger partial charge >= 0.3 is 0 Å².